The second-order valence-electron chi connectivity index (χ2n) is 5.67. The highest BCUT2D eigenvalue weighted by molar-refractivity contribution is 6.04. The Kier molecular flexibility index (Phi) is 4.21. The SMILES string of the molecule is COc1ccc(-[n+]2[nH]oc(=O)c2C(=O)/C=C/c2ccc3c(c2)OCO3)cc1. The van der Waals surface area contributed by atoms with Crippen molar-refractivity contribution in [2.24, 2.45) is 0 Å². The van der Waals surface area contributed by atoms with Gasteiger partial charge in [-0.1, -0.05) is 12.1 Å². The number of hydrogen-bond donors (Lipinski definition) is 1. The van der Waals surface area contributed by atoms with Crippen LogP contribution in [0.25, 0.3) is 11.8 Å². The Balaban J connectivity index is 1.62. The maximum absolute atomic E-state index is 12.6. The molecule has 8 heteroatoms. The van der Waals surface area contributed by atoms with Crippen LogP contribution in [0.4, 0.5) is 0 Å². The van der Waals surface area contributed by atoms with E-state index in [1.165, 1.54) is 10.8 Å². The third-order valence-corrected chi connectivity index (χ3v) is 4.03. The molecule has 1 aromatic heterocycles. The summed E-state index contributed by atoms with van der Waals surface area (Å²) < 4.78 is 21.8. The van der Waals surface area contributed by atoms with E-state index in [2.05, 4.69) is 5.27 Å². The number of benzene rings is 2. The smallest absolute Gasteiger partial charge is 0.439 e. The summed E-state index contributed by atoms with van der Waals surface area (Å²) >= 11 is 0. The van der Waals surface area contributed by atoms with E-state index in [-0.39, 0.29) is 12.5 Å². The van der Waals surface area contributed by atoms with Gasteiger partial charge in [0.1, 0.15) is 5.75 Å². The number of aromatic nitrogens is 2. The van der Waals surface area contributed by atoms with Crippen molar-refractivity contribution in [3.63, 3.8) is 0 Å². The summed E-state index contributed by atoms with van der Waals surface area (Å²) in [5.41, 5.74) is 0.397. The molecule has 1 N–H and O–H groups in total. The summed E-state index contributed by atoms with van der Waals surface area (Å²) in [5.74, 6) is 1.42. The van der Waals surface area contributed by atoms with Gasteiger partial charge in [0.05, 0.1) is 7.11 Å². The Morgan fingerprint density at radius 1 is 1.15 bits per heavy atom. The van der Waals surface area contributed by atoms with Crippen molar-refractivity contribution in [3.8, 4) is 22.9 Å². The number of allylic oxidation sites excluding steroid dienone is 1. The fraction of sp³-hybridized carbons (Fsp3) is 0.105. The van der Waals surface area contributed by atoms with E-state index in [0.29, 0.717) is 22.9 Å². The molecule has 0 unspecified atom stereocenters. The highest BCUT2D eigenvalue weighted by atomic mass is 16.7. The molecule has 8 nitrogen and oxygen atoms in total. The molecule has 0 spiro atoms. The van der Waals surface area contributed by atoms with Crippen molar-refractivity contribution >= 4 is 11.9 Å². The van der Waals surface area contributed by atoms with Crippen LogP contribution in [0, 0.1) is 0 Å². The number of nitrogens with one attached hydrogen (secondary N) is 1. The molecule has 0 fully saturated rings. The van der Waals surface area contributed by atoms with Crippen LogP contribution < -0.4 is 24.5 Å². The van der Waals surface area contributed by atoms with Crippen molar-refractivity contribution in [2.75, 3.05) is 13.9 Å². The van der Waals surface area contributed by atoms with Crippen LogP contribution in [-0.2, 0) is 0 Å². The minimum atomic E-state index is -0.758. The first kappa shape index (κ1) is 16.6. The van der Waals surface area contributed by atoms with Gasteiger partial charge in [-0.2, -0.15) is 0 Å². The first-order chi connectivity index (χ1) is 13.2. The largest absolute Gasteiger partial charge is 0.497 e. The summed E-state index contributed by atoms with van der Waals surface area (Å²) in [6.45, 7) is 0.174. The predicted octanol–water partition coefficient (Wildman–Crippen LogP) is 1.88. The molecule has 0 aliphatic carbocycles. The number of carbonyl (C=O) groups is 1. The quantitative estimate of drug-likeness (QED) is 0.420. The third-order valence-electron chi connectivity index (χ3n) is 4.03. The van der Waals surface area contributed by atoms with Crippen LogP contribution in [0.3, 0.4) is 0 Å². The Bertz CT molecular complexity index is 1080. The summed E-state index contributed by atoms with van der Waals surface area (Å²) in [7, 11) is 1.55. The van der Waals surface area contributed by atoms with Gasteiger partial charge in [-0.15, -0.1) is 0 Å². The summed E-state index contributed by atoms with van der Waals surface area (Å²) in [4.78, 5) is 24.6. The zero-order chi connectivity index (χ0) is 18.8. The van der Waals surface area contributed by atoms with E-state index >= 15 is 0 Å². The number of aromatic amines is 1. The Morgan fingerprint density at radius 3 is 2.70 bits per heavy atom. The number of carbonyl (C=O) groups excluding carboxylic acids is 1. The second kappa shape index (κ2) is 6.83. The van der Waals surface area contributed by atoms with Gasteiger partial charge < -0.3 is 14.2 Å². The van der Waals surface area contributed by atoms with Crippen LogP contribution in [-0.4, -0.2) is 25.0 Å². The van der Waals surface area contributed by atoms with Gasteiger partial charge in [0.2, 0.25) is 12.5 Å². The van der Waals surface area contributed by atoms with Crippen molar-refractivity contribution in [1.29, 1.82) is 0 Å². The van der Waals surface area contributed by atoms with Crippen LogP contribution in [0.5, 0.6) is 17.2 Å². The highest BCUT2D eigenvalue weighted by Crippen LogP contribution is 2.32. The van der Waals surface area contributed by atoms with Crippen LogP contribution in [0.15, 0.2) is 57.9 Å². The van der Waals surface area contributed by atoms with Gasteiger partial charge in [0, 0.05) is 12.1 Å². The minimum absolute atomic E-state index is 0.142. The second-order valence-corrected chi connectivity index (χ2v) is 5.67. The number of nitrogens with zero attached hydrogens (tertiary/aromatic N) is 1. The first-order valence-electron chi connectivity index (χ1n) is 8.06. The molecule has 27 heavy (non-hydrogen) atoms. The molecule has 0 amide bonds. The molecule has 136 valence electrons. The number of ether oxygens (including phenoxy) is 3. The Hall–Kier alpha value is -3.81. The molecular formula is C19H15N2O6+. The van der Waals surface area contributed by atoms with Crippen molar-refractivity contribution in [2.45, 2.75) is 0 Å². The molecular weight excluding hydrogens is 352 g/mol. The average Bonchev–Trinajstić information content (AvgIpc) is 3.32. The zero-order valence-corrected chi connectivity index (χ0v) is 14.3. The standard InChI is InChI=1S/C19H14N2O6/c1-24-14-6-4-13(5-7-14)21-18(19(23)27-20-21)15(22)8-2-12-3-9-16-17(10-12)26-11-25-16/h2-10H,11H2,1H3/p+1/b8-2+. The fourth-order valence-electron chi connectivity index (χ4n) is 2.66. The van der Waals surface area contributed by atoms with Gasteiger partial charge in [-0.05, 0) is 45.9 Å². The lowest BCUT2D eigenvalue weighted by Crippen LogP contribution is -2.40. The van der Waals surface area contributed by atoms with Crippen molar-refractivity contribution in [1.82, 2.24) is 5.27 Å². The molecule has 0 atom stereocenters. The van der Waals surface area contributed by atoms with Gasteiger partial charge in [-0.3, -0.25) is 9.32 Å². The maximum atomic E-state index is 12.6. The molecule has 4 rings (SSSR count). The van der Waals surface area contributed by atoms with E-state index in [9.17, 15) is 9.59 Å². The molecule has 1 aliphatic rings. The zero-order valence-electron chi connectivity index (χ0n) is 14.3. The predicted molar refractivity (Wildman–Crippen MR) is 93.3 cm³/mol. The van der Waals surface area contributed by atoms with E-state index < -0.39 is 11.4 Å². The monoisotopic (exact) mass is 367 g/mol. The number of hydrogen-bond acceptors (Lipinski definition) is 6. The number of methoxy groups -OCH3 is 1. The molecule has 1 aliphatic heterocycles. The summed E-state index contributed by atoms with van der Waals surface area (Å²) in [5, 5.41) is 2.44. The van der Waals surface area contributed by atoms with Crippen LogP contribution in [0.2, 0.25) is 0 Å². The fourth-order valence-corrected chi connectivity index (χ4v) is 2.66. The molecule has 2 heterocycles. The van der Waals surface area contributed by atoms with E-state index in [1.807, 2.05) is 0 Å². The minimum Gasteiger partial charge on any atom is -0.497 e. The van der Waals surface area contributed by atoms with E-state index in [1.54, 1.807) is 55.7 Å². The molecule has 0 saturated heterocycles. The number of rotatable bonds is 5. The topological polar surface area (TPSA) is 94.6 Å². The highest BCUT2D eigenvalue weighted by Gasteiger charge is 2.29. The van der Waals surface area contributed by atoms with Gasteiger partial charge >= 0.3 is 11.3 Å². The average molecular weight is 367 g/mol. The molecule has 3 aromatic rings. The normalized spacial score (nSPS) is 12.5. The Labute approximate surface area is 153 Å². The molecule has 0 radical (unpaired) electrons. The van der Waals surface area contributed by atoms with E-state index in [4.69, 9.17) is 18.7 Å². The maximum Gasteiger partial charge on any atom is 0.439 e. The van der Waals surface area contributed by atoms with Crippen LogP contribution >= 0.6 is 0 Å². The Morgan fingerprint density at radius 2 is 1.93 bits per heavy atom. The third kappa shape index (κ3) is 3.20. The lowest BCUT2D eigenvalue weighted by Gasteiger charge is -1.98. The van der Waals surface area contributed by atoms with Gasteiger partial charge in [0.15, 0.2) is 11.5 Å². The summed E-state index contributed by atoms with van der Waals surface area (Å²) in [6.07, 6.45) is 2.90. The molecule has 2 aromatic carbocycles. The van der Waals surface area contributed by atoms with Gasteiger partial charge in [-0.25, -0.2) is 4.79 Å². The lowest BCUT2D eigenvalue weighted by atomic mass is 10.1. The number of H-pyrrole nitrogens is 1. The van der Waals surface area contributed by atoms with Crippen LogP contribution in [0.1, 0.15) is 16.1 Å². The number of fused-ring (bicyclic) bond motifs is 1. The number of ketones is 1. The van der Waals surface area contributed by atoms with Crippen molar-refractivity contribution in [3.05, 3.63) is 70.2 Å². The first-order valence-corrected chi connectivity index (χ1v) is 8.06. The molecule has 0 saturated carbocycles. The lowest BCUT2D eigenvalue weighted by molar-refractivity contribution is -0.672. The van der Waals surface area contributed by atoms with Crippen molar-refractivity contribution < 1.29 is 28.2 Å². The van der Waals surface area contributed by atoms with E-state index in [0.717, 1.165) is 5.56 Å². The molecule has 0 bridgehead atoms. The van der Waals surface area contributed by atoms with Gasteiger partial charge in [0.25, 0.3) is 5.78 Å². The summed E-state index contributed by atoms with van der Waals surface area (Å²) in [6, 6.07) is 12.1.